The van der Waals surface area contributed by atoms with Crippen LogP contribution in [0.2, 0.25) is 10.0 Å². The van der Waals surface area contributed by atoms with E-state index >= 15 is 0 Å². The zero-order valence-corrected chi connectivity index (χ0v) is 68.7. The predicted molar refractivity (Wildman–Crippen MR) is 465 cm³/mol. The van der Waals surface area contributed by atoms with Crippen molar-refractivity contribution in [1.29, 1.82) is 0 Å². The Balaban J connectivity index is 0.000000111. The quantitative estimate of drug-likeness (QED) is 0.115. The molecule has 4 aliphatic rings. The van der Waals surface area contributed by atoms with E-state index in [9.17, 15) is 19.2 Å². The lowest BCUT2D eigenvalue weighted by molar-refractivity contribution is 0.162. The van der Waals surface area contributed by atoms with Crippen LogP contribution in [0.1, 0.15) is 60.9 Å². The Morgan fingerprint density at radius 2 is 0.828 bits per heavy atom. The summed E-state index contributed by atoms with van der Waals surface area (Å²) in [5, 5.41) is 13.3. The highest BCUT2D eigenvalue weighted by atomic mass is 35.5. The molecule has 4 aliphatic heterocycles. The Hall–Kier alpha value is -11.3. The molecule has 3 N–H and O–H groups in total. The number of hydrogen-bond acceptors (Lipinski definition) is 22. The zero-order chi connectivity index (χ0) is 80.2. The number of ether oxygens (including phenoxy) is 1. The number of halogens is 2. The summed E-state index contributed by atoms with van der Waals surface area (Å²) in [5.41, 5.74) is 16.3. The number of piperidine rings is 2. The molecular weight excluding hydrogens is 1540 g/mol. The summed E-state index contributed by atoms with van der Waals surface area (Å²) in [6.07, 6.45) is 19.4. The third-order valence-electron chi connectivity index (χ3n) is 21.5. The van der Waals surface area contributed by atoms with Crippen LogP contribution in [0.15, 0.2) is 190 Å². The highest BCUT2D eigenvalue weighted by Crippen LogP contribution is 2.33. The maximum absolute atomic E-state index is 12.9. The number of fused-ring (bicyclic) bond motifs is 8. The van der Waals surface area contributed by atoms with Crippen LogP contribution in [0.5, 0.6) is 5.75 Å². The minimum Gasteiger partial charge on any atom is -0.489 e. The highest BCUT2D eigenvalue weighted by molar-refractivity contribution is 7.18. The lowest BCUT2D eigenvalue weighted by atomic mass is 10.0. The van der Waals surface area contributed by atoms with Crippen molar-refractivity contribution in [3.8, 4) is 50.8 Å². The summed E-state index contributed by atoms with van der Waals surface area (Å²) in [4.78, 5) is 97.3. The molecule has 0 saturated carbocycles. The van der Waals surface area contributed by atoms with Gasteiger partial charge in [-0.25, -0.2) is 39.9 Å². The molecule has 0 unspecified atom stereocenters. The zero-order valence-electron chi connectivity index (χ0n) is 65.5. The van der Waals surface area contributed by atoms with Crippen molar-refractivity contribution >= 4 is 117 Å². The molecule has 0 aliphatic carbocycles. The summed E-state index contributed by atoms with van der Waals surface area (Å²) in [6.45, 7) is 21.7. The molecule has 0 bridgehead atoms. The molecule has 0 spiro atoms. The van der Waals surface area contributed by atoms with Crippen LogP contribution in [0.25, 0.3) is 99.3 Å². The first-order valence-electron chi connectivity index (χ1n) is 39.0. The lowest BCUT2D eigenvalue weighted by Gasteiger charge is -2.37. The van der Waals surface area contributed by atoms with E-state index in [1.807, 2.05) is 153 Å². The molecule has 20 rings (SSSR count). The second kappa shape index (κ2) is 32.7. The van der Waals surface area contributed by atoms with Crippen LogP contribution in [0, 0.1) is 27.7 Å². The van der Waals surface area contributed by atoms with Crippen LogP contribution in [-0.2, 0) is 0 Å². The predicted octanol–water partition coefficient (Wildman–Crippen LogP) is 12.8. The molecule has 116 heavy (non-hydrogen) atoms. The SMILES string of the molecule is Cc1cn2cc(-c3cc(=O)n4cc(N5CCNCC5)ccc4n3)cc(Cl)c2n1.Cc1cn2cc(-c3cc(=O)n4cc(N5C[C@@H](C)N[C@@H](C)C5)ccc4n3)cc(Cl)c2n1.Cc1nc2ccc(-c3cc(=O)n4cc(N5CCC(N(C)C)CC5)ccc4n3)cc2s1.Cc1nc2ccc(-c3cc(=O)n4cc(OC5CCNCC5)ccc4n3)cc2s1. The van der Waals surface area contributed by atoms with Gasteiger partial charge >= 0.3 is 0 Å². The van der Waals surface area contributed by atoms with Crippen LogP contribution in [0.4, 0.5) is 17.1 Å². The Labute approximate surface area is 685 Å². The number of rotatable bonds is 10. The fourth-order valence-electron chi connectivity index (χ4n) is 15.8. The van der Waals surface area contributed by atoms with Crippen molar-refractivity contribution < 1.29 is 4.74 Å². The minimum atomic E-state index is -0.119. The van der Waals surface area contributed by atoms with Gasteiger partial charge < -0.3 is 49.1 Å². The molecule has 0 amide bonds. The summed E-state index contributed by atoms with van der Waals surface area (Å²) in [7, 11) is 4.29. The maximum Gasteiger partial charge on any atom is 0.258 e. The summed E-state index contributed by atoms with van der Waals surface area (Å²) >= 11 is 16.1. The van der Waals surface area contributed by atoms with Gasteiger partial charge in [-0.2, -0.15) is 0 Å². The first kappa shape index (κ1) is 77.2. The average molecular weight is 1630 g/mol. The van der Waals surface area contributed by atoms with Gasteiger partial charge in [0.05, 0.1) is 97.9 Å². The summed E-state index contributed by atoms with van der Waals surface area (Å²) in [5.74, 6) is 0.706. The van der Waals surface area contributed by atoms with Crippen molar-refractivity contribution in [1.82, 2.24) is 87.1 Å². The minimum absolute atomic E-state index is 0.0550. The number of thiazole rings is 2. The van der Waals surface area contributed by atoms with Crippen molar-refractivity contribution in [2.75, 3.05) is 94.2 Å². The van der Waals surface area contributed by atoms with Crippen LogP contribution >= 0.6 is 45.9 Å². The van der Waals surface area contributed by atoms with Crippen molar-refractivity contribution in [3.05, 3.63) is 244 Å². The fraction of sp³-hybridized carbons (Fsp3) is 0.302. The second-order valence-corrected chi connectivity index (χ2v) is 33.7. The molecule has 4 fully saturated rings. The number of piperazine rings is 2. The van der Waals surface area contributed by atoms with Gasteiger partial charge in [0.2, 0.25) is 0 Å². The average Bonchev–Trinajstić information content (AvgIpc) is 1.21. The number of nitrogens with one attached hydrogen (secondary N) is 3. The monoisotopic (exact) mass is 1630 g/mol. The van der Waals surface area contributed by atoms with Crippen LogP contribution in [-0.4, -0.2) is 175 Å². The molecule has 18 heterocycles. The van der Waals surface area contributed by atoms with Crippen molar-refractivity contribution in [2.45, 2.75) is 91.5 Å². The van der Waals surface area contributed by atoms with E-state index < -0.39 is 0 Å². The molecule has 592 valence electrons. The van der Waals surface area contributed by atoms with E-state index in [1.54, 1.807) is 82.9 Å². The fourth-order valence-corrected chi connectivity index (χ4v) is 18.1. The van der Waals surface area contributed by atoms with Gasteiger partial charge in [0.1, 0.15) is 34.4 Å². The maximum atomic E-state index is 12.9. The molecule has 26 nitrogen and oxygen atoms in total. The first-order chi connectivity index (χ1) is 56.1. The smallest absolute Gasteiger partial charge is 0.258 e. The Morgan fingerprint density at radius 1 is 0.422 bits per heavy atom. The largest absolute Gasteiger partial charge is 0.489 e. The number of benzene rings is 2. The lowest BCUT2D eigenvalue weighted by Crippen LogP contribution is -2.54. The Bertz CT molecular complexity index is 6680. The number of aromatic nitrogens is 14. The van der Waals surface area contributed by atoms with Gasteiger partial charge in [0, 0.05) is 160 Å². The van der Waals surface area contributed by atoms with Crippen LogP contribution < -0.4 is 57.6 Å². The molecule has 16 aromatic rings. The van der Waals surface area contributed by atoms with Gasteiger partial charge in [-0.1, -0.05) is 35.3 Å². The standard InChI is InChI=1S/C23H25N5OS.C22H23ClN6O.C21H20N4O2S.C20H19ClN6O/c1-15-24-19-6-4-16(12-21(19)30-15)20-13-23(29)28-14-18(5-7-22(28)25-20)27-10-8-17(9-11-27)26(2)3;1-13-8-27(9-14(2)24-13)17-4-5-20-26-19(7-21(30)29(20)12-17)16-6-18(23)22-25-15(3)10-28(22)11-16;1-13-23-17-4-2-14(10-19(17)28-13)18-11-21(26)25-12-16(3-5-20(25)24-18)27-15-6-8-22-9-7-15;1-13-10-26-11-14(8-16(21)20(26)23-13)17-9-19(28)27-12-15(2-3-18(27)24-17)25-6-4-22-5-7-25/h4-7,12-14,17H,8-11H2,1-3H3;4-7,10-14,24H,8-9H2,1-3H3;2-5,10-12,15,22H,6-9H2,1H3;2-3,8-12,22H,4-7H2,1H3/t;13-,14+;;. The number of nitrogens with zero attached hydrogens (tertiary/aromatic N) is 18. The number of imidazole rings is 2. The number of pyridine rings is 6. The van der Waals surface area contributed by atoms with E-state index in [1.165, 1.54) is 0 Å². The third-order valence-corrected chi connectivity index (χ3v) is 24.0. The topological polar surface area (TPSA) is 256 Å². The number of aryl methyl sites for hydroxylation is 4. The third kappa shape index (κ3) is 16.6. The van der Waals surface area contributed by atoms with Gasteiger partial charge in [0.15, 0.2) is 11.3 Å². The molecule has 4 saturated heterocycles. The summed E-state index contributed by atoms with van der Waals surface area (Å²) in [6, 6.07) is 39.0. The van der Waals surface area contributed by atoms with E-state index in [2.05, 4.69) is 106 Å². The molecule has 30 heteroatoms. The molecule has 2 atom stereocenters. The first-order valence-corrected chi connectivity index (χ1v) is 41.4. The van der Waals surface area contributed by atoms with Gasteiger partial charge in [-0.3, -0.25) is 36.8 Å². The van der Waals surface area contributed by atoms with E-state index in [0.717, 1.165) is 172 Å². The molecule has 0 radical (unpaired) electrons. The summed E-state index contributed by atoms with van der Waals surface area (Å²) < 4.78 is 18.4. The van der Waals surface area contributed by atoms with Gasteiger partial charge in [-0.15, -0.1) is 22.7 Å². The van der Waals surface area contributed by atoms with Crippen molar-refractivity contribution in [3.63, 3.8) is 0 Å². The Kier molecular flexibility index (Phi) is 21.8. The normalized spacial score (nSPS) is 16.4. The van der Waals surface area contributed by atoms with Gasteiger partial charge in [-0.05, 0) is 179 Å². The van der Waals surface area contributed by atoms with E-state index in [4.69, 9.17) is 37.9 Å². The highest BCUT2D eigenvalue weighted by Gasteiger charge is 2.25. The van der Waals surface area contributed by atoms with Gasteiger partial charge in [0.25, 0.3) is 22.2 Å². The Morgan fingerprint density at radius 3 is 1.28 bits per heavy atom. The number of hydrogen-bond donors (Lipinski definition) is 3. The number of anilines is 3. The molecule has 14 aromatic heterocycles. The molecular formula is C86H87Cl2N21O5S2. The van der Waals surface area contributed by atoms with E-state index in [-0.39, 0.29) is 28.3 Å². The van der Waals surface area contributed by atoms with Crippen molar-refractivity contribution in [2.24, 2.45) is 0 Å². The molecule has 2 aromatic carbocycles. The second-order valence-electron chi connectivity index (χ2n) is 30.4. The van der Waals surface area contributed by atoms with Crippen LogP contribution in [0.3, 0.4) is 0 Å². The van der Waals surface area contributed by atoms with E-state index in [0.29, 0.717) is 90.6 Å².